The van der Waals surface area contributed by atoms with Gasteiger partial charge in [-0.25, -0.2) is 17.5 Å². The van der Waals surface area contributed by atoms with Gasteiger partial charge < -0.3 is 14.3 Å². The number of hydrogen-bond donors (Lipinski definition) is 2. The molecule has 1 unspecified atom stereocenters. The summed E-state index contributed by atoms with van der Waals surface area (Å²) >= 11 is 0. The lowest BCUT2D eigenvalue weighted by molar-refractivity contribution is 0.0412. The van der Waals surface area contributed by atoms with Crippen LogP contribution in [0.2, 0.25) is 0 Å². The molecule has 0 amide bonds. The average molecular weight is 393 g/mol. The molecule has 144 valence electrons. The summed E-state index contributed by atoms with van der Waals surface area (Å²) in [6, 6.07) is 12.2. The molecule has 0 saturated heterocycles. The molecular weight excluding hydrogens is 373 g/mol. The normalized spacial score (nSPS) is 14.2. The second-order valence-electron chi connectivity index (χ2n) is 6.27. The van der Waals surface area contributed by atoms with E-state index >= 15 is 0 Å². The van der Waals surface area contributed by atoms with Crippen LogP contribution in [0.5, 0.6) is 5.75 Å². The first-order chi connectivity index (χ1) is 12.7. The van der Waals surface area contributed by atoms with Gasteiger partial charge in [0.25, 0.3) is 0 Å². The molecule has 0 radical (unpaired) electrons. The van der Waals surface area contributed by atoms with Crippen molar-refractivity contribution in [3.8, 4) is 5.75 Å². The molecular formula is C19H20FNO5S. The van der Waals surface area contributed by atoms with Crippen molar-refractivity contribution in [3.05, 3.63) is 60.1 Å². The topological polar surface area (TPSA) is 88.8 Å². The molecule has 0 fully saturated rings. The Morgan fingerprint density at radius 2 is 1.96 bits per heavy atom. The maximum absolute atomic E-state index is 13.9. The number of benzene rings is 2. The van der Waals surface area contributed by atoms with E-state index in [0.717, 1.165) is 11.5 Å². The monoisotopic (exact) mass is 393 g/mol. The summed E-state index contributed by atoms with van der Waals surface area (Å²) in [7, 11) is -4.03. The third-order valence-electron chi connectivity index (χ3n) is 4.08. The minimum atomic E-state index is -4.03. The Hall–Kier alpha value is -2.42. The van der Waals surface area contributed by atoms with E-state index < -0.39 is 21.4 Å². The fourth-order valence-electron chi connectivity index (χ4n) is 2.57. The lowest BCUT2D eigenvalue weighted by atomic mass is 10.0. The van der Waals surface area contributed by atoms with Gasteiger partial charge >= 0.3 is 0 Å². The van der Waals surface area contributed by atoms with Crippen LogP contribution in [0.25, 0.3) is 11.0 Å². The Morgan fingerprint density at radius 1 is 1.22 bits per heavy atom. The van der Waals surface area contributed by atoms with Gasteiger partial charge in [0.1, 0.15) is 16.9 Å². The average Bonchev–Trinajstić information content (AvgIpc) is 3.07. The van der Waals surface area contributed by atoms with Gasteiger partial charge in [0.05, 0.1) is 11.5 Å². The fourth-order valence-corrected chi connectivity index (χ4v) is 3.72. The zero-order valence-electron chi connectivity index (χ0n) is 14.9. The molecule has 27 heavy (non-hydrogen) atoms. The van der Waals surface area contributed by atoms with Crippen LogP contribution in [0, 0.1) is 5.82 Å². The van der Waals surface area contributed by atoms with E-state index in [1.54, 1.807) is 25.1 Å². The third kappa shape index (κ3) is 4.13. The van der Waals surface area contributed by atoms with Crippen molar-refractivity contribution < 1.29 is 27.1 Å². The molecule has 6 nitrogen and oxygen atoms in total. The number of para-hydroxylation sites is 1. The smallest absolute Gasteiger partial charge is 0.240 e. The molecule has 3 rings (SSSR count). The van der Waals surface area contributed by atoms with Gasteiger partial charge in [0, 0.05) is 11.9 Å². The van der Waals surface area contributed by atoms with E-state index in [4.69, 9.17) is 9.15 Å². The Balaban J connectivity index is 1.78. The molecule has 0 bridgehead atoms. The van der Waals surface area contributed by atoms with Gasteiger partial charge in [-0.15, -0.1) is 0 Å². The second-order valence-corrected chi connectivity index (χ2v) is 8.04. The van der Waals surface area contributed by atoms with Crippen LogP contribution in [0.15, 0.2) is 57.8 Å². The van der Waals surface area contributed by atoms with Gasteiger partial charge in [0.2, 0.25) is 10.0 Å². The second kappa shape index (κ2) is 7.30. The van der Waals surface area contributed by atoms with Crippen molar-refractivity contribution >= 4 is 21.0 Å². The molecule has 1 atom stereocenters. The first kappa shape index (κ1) is 19.3. The molecule has 0 spiro atoms. The predicted molar refractivity (Wildman–Crippen MR) is 98.5 cm³/mol. The summed E-state index contributed by atoms with van der Waals surface area (Å²) in [4.78, 5) is -0.260. The minimum absolute atomic E-state index is 0.0225. The van der Waals surface area contributed by atoms with E-state index in [1.807, 2.05) is 12.1 Å². The first-order valence-corrected chi connectivity index (χ1v) is 9.85. The highest BCUT2D eigenvalue weighted by Crippen LogP contribution is 2.28. The van der Waals surface area contributed by atoms with E-state index in [2.05, 4.69) is 4.72 Å². The summed E-state index contributed by atoms with van der Waals surface area (Å²) in [5.74, 6) is -0.571. The molecule has 0 aliphatic heterocycles. The number of hydrogen-bond acceptors (Lipinski definition) is 5. The highest BCUT2D eigenvalue weighted by atomic mass is 32.2. The van der Waals surface area contributed by atoms with E-state index in [9.17, 15) is 17.9 Å². The van der Waals surface area contributed by atoms with Gasteiger partial charge in [-0.05, 0) is 44.2 Å². The van der Waals surface area contributed by atoms with Crippen LogP contribution in [0.4, 0.5) is 4.39 Å². The highest BCUT2D eigenvalue weighted by molar-refractivity contribution is 7.89. The van der Waals surface area contributed by atoms with Gasteiger partial charge in [-0.2, -0.15) is 0 Å². The van der Waals surface area contributed by atoms with Crippen LogP contribution >= 0.6 is 0 Å². The number of furan rings is 1. The number of nitrogens with one attached hydrogen (secondary N) is 1. The van der Waals surface area contributed by atoms with Crippen LogP contribution in [0.3, 0.4) is 0 Å². The van der Waals surface area contributed by atoms with Crippen LogP contribution < -0.4 is 9.46 Å². The van der Waals surface area contributed by atoms with Crippen molar-refractivity contribution in [3.63, 3.8) is 0 Å². The predicted octanol–water partition coefficient (Wildman–Crippen LogP) is 3.16. The third-order valence-corrected chi connectivity index (χ3v) is 5.48. The zero-order chi connectivity index (χ0) is 19.7. The van der Waals surface area contributed by atoms with E-state index in [-0.39, 0.29) is 29.6 Å². The molecule has 0 aliphatic carbocycles. The van der Waals surface area contributed by atoms with E-state index in [1.165, 1.54) is 19.1 Å². The molecule has 1 heterocycles. The van der Waals surface area contributed by atoms with Crippen LogP contribution in [-0.4, -0.2) is 26.7 Å². The van der Waals surface area contributed by atoms with Crippen molar-refractivity contribution in [1.82, 2.24) is 4.72 Å². The zero-order valence-corrected chi connectivity index (χ0v) is 15.7. The van der Waals surface area contributed by atoms with Crippen LogP contribution in [-0.2, 0) is 15.6 Å². The first-order valence-electron chi connectivity index (χ1n) is 8.36. The molecule has 2 N–H and O–H groups in total. The van der Waals surface area contributed by atoms with Gasteiger partial charge in [-0.1, -0.05) is 18.2 Å². The van der Waals surface area contributed by atoms with Gasteiger partial charge in [0.15, 0.2) is 11.6 Å². The molecule has 1 aromatic heterocycles. The summed E-state index contributed by atoms with van der Waals surface area (Å²) in [6.45, 7) is 3.06. The van der Waals surface area contributed by atoms with E-state index in [0.29, 0.717) is 5.58 Å². The number of halogens is 1. The Kier molecular flexibility index (Phi) is 5.23. The number of ether oxygens (including phenoxy) is 1. The van der Waals surface area contributed by atoms with Crippen molar-refractivity contribution in [2.24, 2.45) is 0 Å². The molecule has 3 aromatic rings. The van der Waals surface area contributed by atoms with Crippen molar-refractivity contribution in [2.75, 3.05) is 13.2 Å². The van der Waals surface area contributed by atoms with Crippen LogP contribution in [0.1, 0.15) is 19.6 Å². The highest BCUT2D eigenvalue weighted by Gasteiger charge is 2.30. The largest absolute Gasteiger partial charge is 0.491 e. The fraction of sp³-hybridized carbons (Fsp3) is 0.263. The summed E-state index contributed by atoms with van der Waals surface area (Å²) in [5, 5.41) is 11.4. The molecule has 2 aromatic carbocycles. The summed E-state index contributed by atoms with van der Waals surface area (Å²) < 4.78 is 51.8. The van der Waals surface area contributed by atoms with Gasteiger partial charge in [-0.3, -0.25) is 0 Å². The molecule has 8 heteroatoms. The SMILES string of the molecule is CCOc1ccc(S(=O)(=O)NCC(C)(O)c2cc3ccccc3o2)cc1F. The molecule has 0 saturated carbocycles. The maximum Gasteiger partial charge on any atom is 0.240 e. The number of fused-ring (bicyclic) bond motifs is 1. The molecule has 0 aliphatic rings. The maximum atomic E-state index is 13.9. The standard InChI is InChI=1S/C19H20FNO5S/c1-3-25-17-9-8-14(11-15(17)20)27(23,24)21-12-19(2,22)18-10-13-6-4-5-7-16(13)26-18/h4-11,21-22H,3,12H2,1-2H3. The summed E-state index contributed by atoms with van der Waals surface area (Å²) in [5.41, 5.74) is -1.00. The van der Waals surface area contributed by atoms with Crippen molar-refractivity contribution in [2.45, 2.75) is 24.3 Å². The quantitative estimate of drug-likeness (QED) is 0.644. The summed E-state index contributed by atoms with van der Waals surface area (Å²) in [6.07, 6.45) is 0. The minimum Gasteiger partial charge on any atom is -0.491 e. The number of aliphatic hydroxyl groups is 1. The number of rotatable bonds is 7. The lowest BCUT2D eigenvalue weighted by Gasteiger charge is -2.21. The lowest BCUT2D eigenvalue weighted by Crippen LogP contribution is -2.38. The van der Waals surface area contributed by atoms with Crippen molar-refractivity contribution in [1.29, 1.82) is 0 Å². The Morgan fingerprint density at radius 3 is 2.63 bits per heavy atom. The Labute approximate surface area is 156 Å². The number of sulfonamides is 1. The Bertz CT molecular complexity index is 1030.